The van der Waals surface area contributed by atoms with Crippen LogP contribution in [0.5, 0.6) is 5.88 Å². The molecule has 1 N–H and O–H groups in total. The van der Waals surface area contributed by atoms with Gasteiger partial charge in [-0.1, -0.05) is 18.5 Å². The highest BCUT2D eigenvalue weighted by Crippen LogP contribution is 2.33. The molecule has 10 nitrogen and oxygen atoms in total. The quantitative estimate of drug-likeness (QED) is 0.454. The molecule has 36 heavy (non-hydrogen) atoms. The number of sulfonamides is 1. The number of hydrogen-bond acceptors (Lipinski definition) is 7. The van der Waals surface area contributed by atoms with Gasteiger partial charge in [0.2, 0.25) is 18.0 Å². The number of carbonyl (C=O) groups is 2. The highest BCUT2D eigenvalue weighted by molar-refractivity contribution is 7.90. The van der Waals surface area contributed by atoms with Crippen LogP contribution in [0.1, 0.15) is 37.8 Å². The number of benzene rings is 1. The number of aromatic nitrogens is 3. The first-order valence-electron chi connectivity index (χ1n) is 11.1. The third-order valence-corrected chi connectivity index (χ3v) is 6.71. The number of nitrogens with zero attached hydrogens (tertiary/aromatic N) is 3. The largest absolute Gasteiger partial charge is 0.481 e. The molecule has 0 aliphatic carbocycles. The van der Waals surface area contributed by atoms with Crippen LogP contribution in [0.2, 0.25) is 0 Å². The molecule has 2 aromatic heterocycles. The number of hydrogen-bond donors (Lipinski definition) is 1. The van der Waals surface area contributed by atoms with Gasteiger partial charge in [-0.3, -0.25) is 4.79 Å². The smallest absolute Gasteiger partial charge is 0.467 e. The topological polar surface area (TPSA) is 120 Å². The van der Waals surface area contributed by atoms with Crippen molar-refractivity contribution in [3.63, 3.8) is 0 Å². The Balaban J connectivity index is 1.96. The summed E-state index contributed by atoms with van der Waals surface area (Å²) in [7, 11) is -1.40. The predicted molar refractivity (Wildman–Crippen MR) is 127 cm³/mol. The number of methoxy groups -OCH3 is 1. The standard InChI is InChI=1S/C24H27FN4O6S/c1-6-35-24(31)29-14-18(13-28(29)4)36(32,33)27-22(30)12-21-19(15(2)3)10-17(25)11-20(21)16-7-8-26-23(9-16)34-5/h7-11,13-15H,6,12H2,1-5H3/p+1. The van der Waals surface area contributed by atoms with Gasteiger partial charge in [0.1, 0.15) is 12.0 Å². The first kappa shape index (κ1) is 26.8. The van der Waals surface area contributed by atoms with Gasteiger partial charge in [-0.2, -0.15) is 0 Å². The van der Waals surface area contributed by atoms with Crippen LogP contribution in [0, 0.1) is 5.82 Å². The van der Waals surface area contributed by atoms with Gasteiger partial charge < -0.3 is 9.47 Å². The van der Waals surface area contributed by atoms with E-state index in [1.165, 1.54) is 43.4 Å². The normalized spacial score (nSPS) is 11.4. The Morgan fingerprint density at radius 1 is 1.25 bits per heavy atom. The minimum absolute atomic E-state index is 0.109. The molecular formula is C24H28FN4O6S+. The lowest BCUT2D eigenvalue weighted by molar-refractivity contribution is -0.743. The van der Waals surface area contributed by atoms with Gasteiger partial charge in [0.15, 0.2) is 11.9 Å². The monoisotopic (exact) mass is 519 g/mol. The van der Waals surface area contributed by atoms with Gasteiger partial charge in [-0.15, -0.1) is 4.68 Å². The van der Waals surface area contributed by atoms with E-state index in [-0.39, 0.29) is 23.8 Å². The van der Waals surface area contributed by atoms with Crippen LogP contribution in [0.25, 0.3) is 11.1 Å². The van der Waals surface area contributed by atoms with E-state index in [2.05, 4.69) is 4.98 Å². The summed E-state index contributed by atoms with van der Waals surface area (Å²) < 4.78 is 54.6. The summed E-state index contributed by atoms with van der Waals surface area (Å²) in [6, 6.07) is 5.88. The van der Waals surface area contributed by atoms with Gasteiger partial charge in [0, 0.05) is 12.3 Å². The van der Waals surface area contributed by atoms with E-state index in [0.717, 1.165) is 10.9 Å². The minimum Gasteiger partial charge on any atom is -0.481 e. The van der Waals surface area contributed by atoms with E-state index in [9.17, 15) is 22.4 Å². The predicted octanol–water partition coefficient (Wildman–Crippen LogP) is 2.70. The number of ether oxygens (including phenoxy) is 2. The lowest BCUT2D eigenvalue weighted by atomic mass is 9.88. The highest BCUT2D eigenvalue weighted by Gasteiger charge is 2.28. The third kappa shape index (κ3) is 5.88. The maximum absolute atomic E-state index is 14.5. The summed E-state index contributed by atoms with van der Waals surface area (Å²) in [6.45, 7) is 5.43. The molecule has 192 valence electrons. The Bertz CT molecular complexity index is 1400. The Labute approximate surface area is 208 Å². The van der Waals surface area contributed by atoms with Crippen molar-refractivity contribution in [2.45, 2.75) is 38.0 Å². The zero-order valence-corrected chi connectivity index (χ0v) is 21.4. The lowest BCUT2D eigenvalue weighted by Gasteiger charge is -2.18. The van der Waals surface area contributed by atoms with E-state index in [4.69, 9.17) is 9.47 Å². The van der Waals surface area contributed by atoms with Crippen LogP contribution >= 0.6 is 0 Å². The number of aryl methyl sites for hydroxylation is 1. The van der Waals surface area contributed by atoms with Crippen molar-refractivity contribution in [2.75, 3.05) is 13.7 Å². The summed E-state index contributed by atoms with van der Waals surface area (Å²) in [5.41, 5.74) is 2.02. The molecule has 3 aromatic rings. The Hall–Kier alpha value is -3.80. The van der Waals surface area contributed by atoms with Crippen LogP contribution < -0.4 is 14.1 Å². The minimum atomic E-state index is -4.31. The first-order valence-corrected chi connectivity index (χ1v) is 12.6. The number of amides is 1. The summed E-state index contributed by atoms with van der Waals surface area (Å²) in [4.78, 5) is 28.7. The van der Waals surface area contributed by atoms with Crippen molar-refractivity contribution >= 4 is 22.0 Å². The fourth-order valence-corrected chi connectivity index (χ4v) is 4.74. The van der Waals surface area contributed by atoms with Crippen LogP contribution in [0.15, 0.2) is 47.8 Å². The summed E-state index contributed by atoms with van der Waals surface area (Å²) in [6.07, 6.45) is 2.63. The molecule has 0 saturated carbocycles. The van der Waals surface area contributed by atoms with Gasteiger partial charge >= 0.3 is 6.09 Å². The Morgan fingerprint density at radius 3 is 2.61 bits per heavy atom. The van der Waals surface area contributed by atoms with E-state index in [1.54, 1.807) is 19.1 Å². The molecule has 0 aliphatic heterocycles. The molecule has 0 aliphatic rings. The Morgan fingerprint density at radius 2 is 1.97 bits per heavy atom. The van der Waals surface area contributed by atoms with E-state index >= 15 is 0 Å². The SMILES string of the molecule is CCOC(=O)n1cc(S(=O)(=O)NC(=O)Cc2c(-c3ccnc(OC)c3)cc(F)cc2C(C)C)c[n+]1C. The number of pyridine rings is 1. The second-order valence-corrected chi connectivity index (χ2v) is 9.93. The summed E-state index contributed by atoms with van der Waals surface area (Å²) in [5, 5.41) is 0. The molecule has 0 bridgehead atoms. The molecule has 3 rings (SSSR count). The van der Waals surface area contributed by atoms with Gasteiger partial charge in [-0.25, -0.2) is 27.3 Å². The van der Waals surface area contributed by atoms with Crippen molar-refractivity contribution in [1.29, 1.82) is 0 Å². The van der Waals surface area contributed by atoms with Crippen molar-refractivity contribution in [2.24, 2.45) is 7.05 Å². The molecule has 0 saturated heterocycles. The molecule has 1 aromatic carbocycles. The number of nitrogens with one attached hydrogen (secondary N) is 1. The van der Waals surface area contributed by atoms with E-state index < -0.39 is 27.8 Å². The van der Waals surface area contributed by atoms with Crippen LogP contribution in [-0.2, 0) is 33.0 Å². The molecule has 2 heterocycles. The zero-order chi connectivity index (χ0) is 26.6. The fourth-order valence-electron chi connectivity index (χ4n) is 3.72. The first-order chi connectivity index (χ1) is 17.0. The lowest BCUT2D eigenvalue weighted by Crippen LogP contribution is -2.42. The third-order valence-electron chi connectivity index (χ3n) is 5.38. The van der Waals surface area contributed by atoms with Crippen molar-refractivity contribution in [3.8, 4) is 17.0 Å². The highest BCUT2D eigenvalue weighted by atomic mass is 32.2. The number of carbonyl (C=O) groups excluding carboxylic acids is 2. The van der Waals surface area contributed by atoms with Crippen LogP contribution in [0.4, 0.5) is 9.18 Å². The maximum Gasteiger partial charge on any atom is 0.467 e. The van der Waals surface area contributed by atoms with E-state index in [1.807, 2.05) is 18.6 Å². The molecule has 1 amide bonds. The second kappa shape index (κ2) is 10.9. The van der Waals surface area contributed by atoms with Crippen molar-refractivity contribution in [1.82, 2.24) is 14.4 Å². The molecule has 0 spiro atoms. The van der Waals surface area contributed by atoms with Crippen molar-refractivity contribution in [3.05, 3.63) is 59.8 Å². The number of rotatable bonds is 8. The molecule has 0 radical (unpaired) electrons. The van der Waals surface area contributed by atoms with Gasteiger partial charge in [0.05, 0.1) is 20.1 Å². The molecule has 0 unspecified atom stereocenters. The van der Waals surface area contributed by atoms with Gasteiger partial charge in [0.25, 0.3) is 10.0 Å². The maximum atomic E-state index is 14.5. The molecule has 0 atom stereocenters. The molecule has 12 heteroatoms. The average Bonchev–Trinajstić information content (AvgIpc) is 3.22. The Kier molecular flexibility index (Phi) is 8.08. The van der Waals surface area contributed by atoms with Crippen LogP contribution in [0.3, 0.4) is 0 Å². The van der Waals surface area contributed by atoms with Gasteiger partial charge in [-0.05, 0) is 53.3 Å². The summed E-state index contributed by atoms with van der Waals surface area (Å²) >= 11 is 0. The number of halogens is 1. The van der Waals surface area contributed by atoms with Crippen LogP contribution in [-0.4, -0.2) is 43.8 Å². The second-order valence-electron chi connectivity index (χ2n) is 8.25. The fraction of sp³-hybridized carbons (Fsp3) is 0.333. The average molecular weight is 520 g/mol. The zero-order valence-electron chi connectivity index (χ0n) is 20.6. The molecular weight excluding hydrogens is 491 g/mol. The molecule has 0 fully saturated rings. The summed E-state index contributed by atoms with van der Waals surface area (Å²) in [5.74, 6) is -1.16. The van der Waals surface area contributed by atoms with Crippen molar-refractivity contribution < 1.29 is 36.6 Å². The van der Waals surface area contributed by atoms with E-state index in [0.29, 0.717) is 28.1 Å².